The minimum Gasteiger partial charge on any atom is -0.337 e. The quantitative estimate of drug-likeness (QED) is 0.651. The maximum atomic E-state index is 9.97. The largest absolute Gasteiger partial charge is 0.337 e. The van der Waals surface area contributed by atoms with Gasteiger partial charge in [-0.15, -0.1) is 11.8 Å². The van der Waals surface area contributed by atoms with Crippen LogP contribution < -0.4 is 0 Å². The van der Waals surface area contributed by atoms with Crippen LogP contribution in [0.15, 0.2) is 30.3 Å². The fourth-order valence-electron chi connectivity index (χ4n) is 1.74. The molecule has 0 amide bonds. The van der Waals surface area contributed by atoms with Gasteiger partial charge >= 0.3 is 0 Å². The normalized spacial score (nSPS) is 22.4. The van der Waals surface area contributed by atoms with Gasteiger partial charge < -0.3 is 4.55 Å². The minimum atomic E-state index is -0.479. The van der Waals surface area contributed by atoms with Gasteiger partial charge in [0.2, 0.25) is 0 Å². The van der Waals surface area contributed by atoms with Crippen molar-refractivity contribution >= 4 is 26.7 Å². The molecule has 16 heavy (non-hydrogen) atoms. The van der Waals surface area contributed by atoms with Gasteiger partial charge in [-0.05, 0) is 17.7 Å². The van der Waals surface area contributed by atoms with Crippen molar-refractivity contribution in [2.75, 3.05) is 11.5 Å². The number of thioether (sulfide) groups is 1. The molecule has 1 unspecified atom stereocenters. The zero-order chi connectivity index (χ0) is 10.7. The van der Waals surface area contributed by atoms with Gasteiger partial charge in [-0.25, -0.2) is 0 Å². The Labute approximate surface area is 117 Å². The Kier molecular flexibility index (Phi) is 6.27. The average molecular weight is 343 g/mol. The van der Waals surface area contributed by atoms with Crippen molar-refractivity contribution in [3.63, 3.8) is 0 Å². The summed E-state index contributed by atoms with van der Waals surface area (Å²) in [6, 6.07) is 10.5. The van der Waals surface area contributed by atoms with Crippen LogP contribution in [-0.2, 0) is 19.5 Å². The molecule has 1 nitrogen and oxygen atoms in total. The van der Waals surface area contributed by atoms with Crippen LogP contribution in [0.2, 0.25) is 0 Å². The van der Waals surface area contributed by atoms with Gasteiger partial charge in [-0.3, -0.25) is 0 Å². The van der Waals surface area contributed by atoms with E-state index in [1.807, 2.05) is 17.8 Å². The van der Waals surface area contributed by atoms with Crippen molar-refractivity contribution in [2.45, 2.75) is 19.3 Å². The van der Waals surface area contributed by atoms with E-state index in [1.54, 1.807) is 0 Å². The van der Waals surface area contributed by atoms with Gasteiger partial charge in [0.25, 0.3) is 0 Å². The summed E-state index contributed by atoms with van der Waals surface area (Å²) in [5.41, 5.74) is 1.31. The zero-order valence-corrected chi connectivity index (χ0v) is 12.5. The molecule has 1 aliphatic rings. The van der Waals surface area contributed by atoms with E-state index in [0.29, 0.717) is 5.92 Å². The van der Waals surface area contributed by atoms with Gasteiger partial charge in [0.05, 0.1) is 0 Å². The molecule has 0 saturated carbocycles. The molecule has 0 spiro atoms. The third kappa shape index (κ3) is 3.43. The van der Waals surface area contributed by atoms with Gasteiger partial charge in [-0.2, -0.15) is 0 Å². The molecule has 2 rings (SSSR count). The molecule has 0 saturated heterocycles. The summed E-state index contributed by atoms with van der Waals surface area (Å²) in [6.07, 6.45) is 1.15. The summed E-state index contributed by atoms with van der Waals surface area (Å²) in [6.45, 7) is 2.19. The maximum absolute atomic E-state index is 9.97. The first-order chi connectivity index (χ1) is 7.29. The van der Waals surface area contributed by atoms with Crippen LogP contribution in [-0.4, -0.2) is 20.3 Å². The summed E-state index contributed by atoms with van der Waals surface area (Å²) < 4.78 is 11.2. The Hall–Kier alpha value is 0.373. The second-order valence-corrected chi connectivity index (χ2v) is 6.69. The molecule has 0 aromatic heterocycles. The first-order valence-electron chi connectivity index (χ1n) is 5.23. The molecule has 1 aromatic rings. The van der Waals surface area contributed by atoms with E-state index in [4.69, 9.17) is 0 Å². The van der Waals surface area contributed by atoms with Crippen molar-refractivity contribution in [3.05, 3.63) is 35.9 Å². The third-order valence-corrected chi connectivity index (χ3v) is 6.17. The van der Waals surface area contributed by atoms with E-state index < -0.39 is 10.8 Å². The molecular formula is C12H16ORhS2. The Morgan fingerprint density at radius 2 is 2.00 bits per heavy atom. The molecule has 2 atom stereocenters. The molecule has 1 aliphatic heterocycles. The van der Waals surface area contributed by atoms with Crippen molar-refractivity contribution in [3.8, 4) is 0 Å². The minimum absolute atomic E-state index is 0. The summed E-state index contributed by atoms with van der Waals surface area (Å²) in [7, 11) is -0.479. The van der Waals surface area contributed by atoms with E-state index in [1.165, 1.54) is 9.76 Å². The number of hydrogen-bond donors (Lipinski definition) is 1. The van der Waals surface area contributed by atoms with Crippen LogP contribution in [0.3, 0.4) is 0 Å². The van der Waals surface area contributed by atoms with Crippen LogP contribution in [0, 0.1) is 0 Å². The fraction of sp³-hybridized carbons (Fsp3) is 0.417. The molecule has 1 heterocycles. The number of benzene rings is 1. The molecule has 1 radical (unpaired) electrons. The van der Waals surface area contributed by atoms with Crippen molar-refractivity contribution < 1.29 is 24.0 Å². The summed E-state index contributed by atoms with van der Waals surface area (Å²) in [5.74, 6) is 2.50. The maximum Gasteiger partial charge on any atom is 0.0402 e. The predicted molar refractivity (Wildman–Crippen MR) is 72.0 cm³/mol. The Morgan fingerprint density at radius 1 is 1.31 bits per heavy atom. The molecule has 1 aromatic carbocycles. The van der Waals surface area contributed by atoms with Crippen LogP contribution in [0.4, 0.5) is 0 Å². The van der Waals surface area contributed by atoms with E-state index in [2.05, 4.69) is 31.2 Å². The standard InChI is InChI=1S/C12H16OS2.Rh/c1-10(11-6-3-2-4-7-11)12-14-8-5-9-15(12)13;/h2-4,6-7,10,13H,5,8-9H2,1H3;/t10-,15?;/m0./s1. The molecule has 91 valence electrons. The Bertz CT molecular complexity index is 365. The van der Waals surface area contributed by atoms with Crippen LogP contribution >= 0.6 is 22.5 Å². The summed E-state index contributed by atoms with van der Waals surface area (Å²) >= 11 is 1.85. The van der Waals surface area contributed by atoms with Crippen LogP contribution in [0.25, 0.3) is 0 Å². The topological polar surface area (TPSA) is 20.2 Å². The monoisotopic (exact) mass is 343 g/mol. The molecule has 0 bridgehead atoms. The van der Waals surface area contributed by atoms with Gasteiger partial charge in [-0.1, -0.05) is 48.0 Å². The second-order valence-electron chi connectivity index (χ2n) is 3.72. The predicted octanol–water partition coefficient (Wildman–Crippen LogP) is 3.80. The molecule has 1 N–H and O–H groups in total. The smallest absolute Gasteiger partial charge is 0.0402 e. The third-order valence-electron chi connectivity index (χ3n) is 2.61. The van der Waals surface area contributed by atoms with E-state index in [0.717, 1.165) is 17.9 Å². The number of hydrogen-bond acceptors (Lipinski definition) is 2. The van der Waals surface area contributed by atoms with Gasteiger partial charge in [0.1, 0.15) is 0 Å². The Morgan fingerprint density at radius 3 is 2.62 bits per heavy atom. The first-order valence-corrected chi connectivity index (χ1v) is 7.57. The van der Waals surface area contributed by atoms with Crippen LogP contribution in [0.1, 0.15) is 24.8 Å². The Balaban J connectivity index is 0.00000128. The van der Waals surface area contributed by atoms with E-state index in [9.17, 15) is 4.55 Å². The molecule has 0 fully saturated rings. The fourth-order valence-corrected chi connectivity index (χ4v) is 5.01. The van der Waals surface area contributed by atoms with E-state index >= 15 is 0 Å². The van der Waals surface area contributed by atoms with Gasteiger partial charge in [0.15, 0.2) is 0 Å². The van der Waals surface area contributed by atoms with Crippen molar-refractivity contribution in [1.29, 1.82) is 0 Å². The van der Waals surface area contributed by atoms with Gasteiger partial charge in [0, 0.05) is 35.3 Å². The summed E-state index contributed by atoms with van der Waals surface area (Å²) in [4.78, 5) is 0. The van der Waals surface area contributed by atoms with Crippen LogP contribution in [0.5, 0.6) is 0 Å². The molecular weight excluding hydrogens is 327 g/mol. The molecule has 0 aliphatic carbocycles. The SMILES string of the molecule is C[C@H](C1=S(O)CCCS1)c1ccccc1.[Rh]. The van der Waals surface area contributed by atoms with E-state index in [-0.39, 0.29) is 19.5 Å². The zero-order valence-electron chi connectivity index (χ0n) is 9.18. The summed E-state index contributed by atoms with van der Waals surface area (Å²) in [5, 5.41) is 0. The average Bonchev–Trinajstić information content (AvgIpc) is 2.30. The number of rotatable bonds is 2. The first kappa shape index (κ1) is 14.4. The van der Waals surface area contributed by atoms with Crippen molar-refractivity contribution in [1.82, 2.24) is 0 Å². The van der Waals surface area contributed by atoms with Crippen molar-refractivity contribution in [2.24, 2.45) is 0 Å². The second kappa shape index (κ2) is 6.95. The molecule has 4 heteroatoms.